The zero-order valence-corrected chi connectivity index (χ0v) is 11.4. The van der Waals surface area contributed by atoms with E-state index in [1.807, 2.05) is 0 Å². The van der Waals surface area contributed by atoms with Gasteiger partial charge in [0.1, 0.15) is 5.75 Å². The first kappa shape index (κ1) is 14.0. The molecule has 0 aromatic heterocycles. The number of hydrogen-bond donors (Lipinski definition) is 1. The lowest BCUT2D eigenvalue weighted by Gasteiger charge is -2.16. The number of benzene rings is 1. The number of Topliss-reactive ketones (excluding diaryl/α,β-unsaturated/α-hetero) is 1. The second kappa shape index (κ2) is 5.73. The molecule has 2 amide bonds. The molecular weight excluding hydrogens is 260 g/mol. The van der Waals surface area contributed by atoms with E-state index in [-0.39, 0.29) is 5.91 Å². The average Bonchev–Trinajstić information content (AvgIpc) is 2.71. The predicted molar refractivity (Wildman–Crippen MR) is 73.0 cm³/mol. The van der Waals surface area contributed by atoms with Gasteiger partial charge in [0.15, 0.2) is 0 Å². The molecule has 0 atom stereocenters. The van der Waals surface area contributed by atoms with E-state index in [0.29, 0.717) is 36.4 Å². The zero-order valence-electron chi connectivity index (χ0n) is 11.4. The summed E-state index contributed by atoms with van der Waals surface area (Å²) in [7, 11) is 3.07. The lowest BCUT2D eigenvalue weighted by atomic mass is 10.1. The highest BCUT2D eigenvalue weighted by atomic mass is 16.5. The monoisotopic (exact) mass is 276 g/mol. The Morgan fingerprint density at radius 1 is 1.35 bits per heavy atom. The fourth-order valence-corrected chi connectivity index (χ4v) is 2.15. The van der Waals surface area contributed by atoms with Gasteiger partial charge in [-0.2, -0.15) is 0 Å². The number of nitrogens with zero attached hydrogens (tertiary/aromatic N) is 1. The molecule has 2 rings (SSSR count). The number of hydrogen-bond acceptors (Lipinski definition) is 4. The summed E-state index contributed by atoms with van der Waals surface area (Å²) >= 11 is 0. The number of carbonyl (C=O) groups is 3. The highest BCUT2D eigenvalue weighted by molar-refractivity contribution is 6.52. The molecular formula is C14H16N2O4. The van der Waals surface area contributed by atoms with Crippen molar-refractivity contribution in [3.63, 3.8) is 0 Å². The molecule has 6 heteroatoms. The Bertz CT molecular complexity index is 568. The quantitative estimate of drug-likeness (QED) is 0.805. The lowest BCUT2D eigenvalue weighted by molar-refractivity contribution is -0.121. The second-order valence-corrected chi connectivity index (χ2v) is 4.45. The van der Waals surface area contributed by atoms with E-state index >= 15 is 0 Å². The molecule has 0 saturated carbocycles. The molecule has 1 aromatic carbocycles. The third kappa shape index (κ3) is 2.49. The Morgan fingerprint density at radius 2 is 2.10 bits per heavy atom. The van der Waals surface area contributed by atoms with E-state index in [1.54, 1.807) is 25.2 Å². The van der Waals surface area contributed by atoms with Gasteiger partial charge in [-0.15, -0.1) is 0 Å². The number of fused-ring (bicyclic) bond motifs is 1. The van der Waals surface area contributed by atoms with Gasteiger partial charge in [-0.3, -0.25) is 14.4 Å². The summed E-state index contributed by atoms with van der Waals surface area (Å²) in [6.07, 6.45) is 0.824. The number of anilines is 1. The van der Waals surface area contributed by atoms with Crippen LogP contribution < -0.4 is 15.0 Å². The largest absolute Gasteiger partial charge is 0.497 e. The molecule has 0 spiro atoms. The van der Waals surface area contributed by atoms with Gasteiger partial charge in [0, 0.05) is 20.0 Å². The standard InChI is InChI=1S/C14H16N2O4/c1-15-12(17)4-3-7-16-11-6-5-9(20-2)8-10(11)13(18)14(16)19/h5-6,8H,3-4,7H2,1-2H3,(H,15,17). The van der Waals surface area contributed by atoms with Crippen molar-refractivity contribution >= 4 is 23.3 Å². The van der Waals surface area contributed by atoms with Gasteiger partial charge in [0.05, 0.1) is 18.4 Å². The molecule has 0 unspecified atom stereocenters. The Kier molecular flexibility index (Phi) is 4.02. The first-order valence-electron chi connectivity index (χ1n) is 6.33. The van der Waals surface area contributed by atoms with E-state index in [0.717, 1.165) is 0 Å². The number of methoxy groups -OCH3 is 1. The van der Waals surface area contributed by atoms with E-state index in [4.69, 9.17) is 4.74 Å². The Balaban J connectivity index is 2.14. The van der Waals surface area contributed by atoms with Crippen LogP contribution in [0.25, 0.3) is 0 Å². The van der Waals surface area contributed by atoms with E-state index < -0.39 is 11.7 Å². The number of ether oxygens (including phenoxy) is 1. The zero-order chi connectivity index (χ0) is 14.7. The molecule has 1 heterocycles. The van der Waals surface area contributed by atoms with Gasteiger partial charge in [0.25, 0.3) is 11.7 Å². The number of carbonyl (C=O) groups excluding carboxylic acids is 3. The van der Waals surface area contributed by atoms with Crippen molar-refractivity contribution in [2.45, 2.75) is 12.8 Å². The molecule has 6 nitrogen and oxygen atoms in total. The smallest absolute Gasteiger partial charge is 0.299 e. The van der Waals surface area contributed by atoms with Crippen LogP contribution in [0.2, 0.25) is 0 Å². The predicted octanol–water partition coefficient (Wildman–Crippen LogP) is 0.751. The minimum absolute atomic E-state index is 0.0853. The maximum Gasteiger partial charge on any atom is 0.299 e. The van der Waals surface area contributed by atoms with Gasteiger partial charge >= 0.3 is 0 Å². The van der Waals surface area contributed by atoms with Gasteiger partial charge < -0.3 is 15.0 Å². The van der Waals surface area contributed by atoms with Crippen LogP contribution in [0.5, 0.6) is 5.75 Å². The number of rotatable bonds is 5. The van der Waals surface area contributed by atoms with Crippen LogP contribution in [0.4, 0.5) is 5.69 Å². The molecule has 0 aliphatic carbocycles. The van der Waals surface area contributed by atoms with Gasteiger partial charge in [0.2, 0.25) is 5.91 Å². The third-order valence-corrected chi connectivity index (χ3v) is 3.24. The van der Waals surface area contributed by atoms with Crippen LogP contribution in [0, 0.1) is 0 Å². The van der Waals surface area contributed by atoms with Crippen molar-refractivity contribution in [2.75, 3.05) is 25.6 Å². The minimum Gasteiger partial charge on any atom is -0.497 e. The molecule has 1 aromatic rings. The van der Waals surface area contributed by atoms with Crippen LogP contribution in [0.15, 0.2) is 18.2 Å². The fraction of sp³-hybridized carbons (Fsp3) is 0.357. The van der Waals surface area contributed by atoms with Crippen molar-refractivity contribution < 1.29 is 19.1 Å². The number of amides is 2. The molecule has 0 fully saturated rings. The van der Waals surface area contributed by atoms with Crippen LogP contribution in [-0.4, -0.2) is 38.3 Å². The van der Waals surface area contributed by atoms with E-state index in [9.17, 15) is 14.4 Å². The molecule has 106 valence electrons. The Hall–Kier alpha value is -2.37. The fourth-order valence-electron chi connectivity index (χ4n) is 2.15. The van der Waals surface area contributed by atoms with Gasteiger partial charge in [-0.25, -0.2) is 0 Å². The molecule has 1 aliphatic rings. The summed E-state index contributed by atoms with van der Waals surface area (Å²) in [4.78, 5) is 36.4. The molecule has 20 heavy (non-hydrogen) atoms. The lowest BCUT2D eigenvalue weighted by Crippen LogP contribution is -2.31. The summed E-state index contributed by atoms with van der Waals surface area (Å²) in [6, 6.07) is 4.96. The van der Waals surface area contributed by atoms with Crippen molar-refractivity contribution in [3.05, 3.63) is 23.8 Å². The third-order valence-electron chi connectivity index (χ3n) is 3.24. The summed E-state index contributed by atoms with van der Waals surface area (Å²) in [5.74, 6) is -0.626. The van der Waals surface area contributed by atoms with Crippen molar-refractivity contribution in [3.8, 4) is 5.75 Å². The molecule has 1 N–H and O–H groups in total. The van der Waals surface area contributed by atoms with Crippen LogP contribution in [-0.2, 0) is 9.59 Å². The first-order valence-corrected chi connectivity index (χ1v) is 6.33. The minimum atomic E-state index is -0.551. The summed E-state index contributed by atoms with van der Waals surface area (Å²) in [6.45, 7) is 0.345. The van der Waals surface area contributed by atoms with Crippen LogP contribution in [0.3, 0.4) is 0 Å². The van der Waals surface area contributed by atoms with Crippen LogP contribution >= 0.6 is 0 Å². The average molecular weight is 276 g/mol. The summed E-state index contributed by atoms with van der Waals surface area (Å²) < 4.78 is 5.05. The van der Waals surface area contributed by atoms with Gasteiger partial charge in [-0.05, 0) is 24.6 Å². The number of ketones is 1. The summed E-state index contributed by atoms with van der Waals surface area (Å²) in [5, 5.41) is 2.52. The molecule has 0 saturated heterocycles. The topological polar surface area (TPSA) is 75.7 Å². The maximum absolute atomic E-state index is 11.9. The Morgan fingerprint density at radius 3 is 2.75 bits per heavy atom. The highest BCUT2D eigenvalue weighted by Gasteiger charge is 2.35. The normalized spacial score (nSPS) is 13.4. The first-order chi connectivity index (χ1) is 9.58. The molecule has 1 aliphatic heterocycles. The number of nitrogens with one attached hydrogen (secondary N) is 1. The second-order valence-electron chi connectivity index (χ2n) is 4.45. The van der Waals surface area contributed by atoms with E-state index in [2.05, 4.69) is 5.32 Å². The van der Waals surface area contributed by atoms with Crippen molar-refractivity contribution in [1.29, 1.82) is 0 Å². The van der Waals surface area contributed by atoms with Gasteiger partial charge in [-0.1, -0.05) is 0 Å². The highest BCUT2D eigenvalue weighted by Crippen LogP contribution is 2.32. The molecule has 0 radical (unpaired) electrons. The van der Waals surface area contributed by atoms with Crippen molar-refractivity contribution in [2.24, 2.45) is 0 Å². The van der Waals surface area contributed by atoms with Crippen LogP contribution in [0.1, 0.15) is 23.2 Å². The van der Waals surface area contributed by atoms with Crippen molar-refractivity contribution in [1.82, 2.24) is 5.32 Å². The maximum atomic E-state index is 11.9. The molecule has 0 bridgehead atoms. The van der Waals surface area contributed by atoms with E-state index in [1.165, 1.54) is 12.0 Å². The SMILES string of the molecule is CNC(=O)CCCN1C(=O)C(=O)c2cc(OC)ccc21. The Labute approximate surface area is 116 Å². The summed E-state index contributed by atoms with van der Waals surface area (Å²) in [5.41, 5.74) is 0.937.